The van der Waals surface area contributed by atoms with Gasteiger partial charge in [0, 0.05) is 7.11 Å². The Labute approximate surface area is 102 Å². The molecular formula is C15H17NO. The number of hydrogen-bond donors (Lipinski definition) is 1. The van der Waals surface area contributed by atoms with Gasteiger partial charge in [0.15, 0.2) is 0 Å². The highest BCUT2D eigenvalue weighted by molar-refractivity contribution is 5.31. The van der Waals surface area contributed by atoms with Gasteiger partial charge in [0.05, 0.1) is 12.8 Å². The summed E-state index contributed by atoms with van der Waals surface area (Å²) in [6.45, 7) is 0.536. The van der Waals surface area contributed by atoms with Gasteiger partial charge in [0.1, 0.15) is 0 Å². The lowest BCUT2D eigenvalue weighted by Gasteiger charge is -2.19. The Morgan fingerprint density at radius 3 is 1.76 bits per heavy atom. The summed E-state index contributed by atoms with van der Waals surface area (Å²) in [7, 11) is 1.69. The summed E-state index contributed by atoms with van der Waals surface area (Å²) < 4.78 is 5.10. The maximum Gasteiger partial charge on any atom is 0.0968 e. The van der Waals surface area contributed by atoms with Gasteiger partial charge in [-0.25, -0.2) is 0 Å². The average molecular weight is 227 g/mol. The molecule has 0 saturated carbocycles. The number of rotatable bonds is 5. The number of hydrogen-bond acceptors (Lipinski definition) is 2. The van der Waals surface area contributed by atoms with Crippen LogP contribution in [0, 0.1) is 0 Å². The largest absolute Gasteiger partial charge is 0.370 e. The molecule has 0 aromatic heterocycles. The van der Waals surface area contributed by atoms with Crippen LogP contribution in [0.15, 0.2) is 60.7 Å². The smallest absolute Gasteiger partial charge is 0.0968 e. The van der Waals surface area contributed by atoms with Crippen molar-refractivity contribution in [2.45, 2.75) is 6.04 Å². The van der Waals surface area contributed by atoms with Gasteiger partial charge in [0.25, 0.3) is 0 Å². The summed E-state index contributed by atoms with van der Waals surface area (Å²) in [6.07, 6.45) is 0. The second-order valence-corrected chi connectivity index (χ2v) is 3.89. The van der Waals surface area contributed by atoms with Crippen LogP contribution in [0.25, 0.3) is 0 Å². The molecule has 2 heteroatoms. The molecule has 0 unspecified atom stereocenters. The van der Waals surface area contributed by atoms with Crippen LogP contribution in [0.1, 0.15) is 17.2 Å². The quantitative estimate of drug-likeness (QED) is 0.793. The standard InChI is InChI=1S/C15H17NO/c1-17-12-16-15(13-8-4-2-5-9-13)14-10-6-3-7-11-14/h2-11,15-16H,12H2,1H3. The van der Waals surface area contributed by atoms with Gasteiger partial charge in [-0.2, -0.15) is 0 Å². The molecule has 0 saturated heterocycles. The van der Waals surface area contributed by atoms with Gasteiger partial charge >= 0.3 is 0 Å². The topological polar surface area (TPSA) is 21.3 Å². The van der Waals surface area contributed by atoms with Crippen LogP contribution in [-0.4, -0.2) is 13.8 Å². The molecule has 0 fully saturated rings. The SMILES string of the molecule is COCNC(c1ccccc1)c1ccccc1. The van der Waals surface area contributed by atoms with Crippen LogP contribution < -0.4 is 5.32 Å². The zero-order valence-electron chi connectivity index (χ0n) is 9.97. The van der Waals surface area contributed by atoms with Crippen molar-refractivity contribution in [2.75, 3.05) is 13.8 Å². The molecule has 0 atom stereocenters. The fourth-order valence-corrected chi connectivity index (χ4v) is 1.89. The molecule has 0 heterocycles. The van der Waals surface area contributed by atoms with Gasteiger partial charge in [-0.15, -0.1) is 0 Å². The van der Waals surface area contributed by atoms with E-state index in [0.29, 0.717) is 6.73 Å². The maximum atomic E-state index is 5.10. The first-order chi connectivity index (χ1) is 8.42. The summed E-state index contributed by atoms with van der Waals surface area (Å²) in [5.74, 6) is 0. The number of nitrogens with one attached hydrogen (secondary N) is 1. The van der Waals surface area contributed by atoms with Gasteiger partial charge < -0.3 is 4.74 Å². The lowest BCUT2D eigenvalue weighted by atomic mass is 9.99. The summed E-state index contributed by atoms with van der Waals surface area (Å²) in [4.78, 5) is 0. The minimum Gasteiger partial charge on any atom is -0.370 e. The summed E-state index contributed by atoms with van der Waals surface area (Å²) in [5.41, 5.74) is 2.49. The highest BCUT2D eigenvalue weighted by atomic mass is 16.5. The van der Waals surface area contributed by atoms with E-state index in [1.54, 1.807) is 7.11 Å². The molecule has 2 nitrogen and oxygen atoms in total. The molecule has 0 amide bonds. The fraction of sp³-hybridized carbons (Fsp3) is 0.200. The Bertz CT molecular complexity index is 388. The van der Waals surface area contributed by atoms with E-state index in [2.05, 4.69) is 53.8 Å². The predicted molar refractivity (Wildman–Crippen MR) is 69.7 cm³/mol. The third-order valence-corrected chi connectivity index (χ3v) is 2.70. The van der Waals surface area contributed by atoms with Crippen molar-refractivity contribution in [1.29, 1.82) is 0 Å². The zero-order chi connectivity index (χ0) is 11.9. The molecule has 17 heavy (non-hydrogen) atoms. The second kappa shape index (κ2) is 6.18. The first-order valence-electron chi connectivity index (χ1n) is 5.74. The van der Waals surface area contributed by atoms with E-state index in [1.165, 1.54) is 11.1 Å². The Kier molecular flexibility index (Phi) is 4.30. The molecule has 0 bridgehead atoms. The Hall–Kier alpha value is -1.64. The summed E-state index contributed by atoms with van der Waals surface area (Å²) in [6, 6.07) is 21.0. The number of benzene rings is 2. The monoisotopic (exact) mass is 227 g/mol. The van der Waals surface area contributed by atoms with Crippen molar-refractivity contribution in [2.24, 2.45) is 0 Å². The molecule has 88 valence electrons. The van der Waals surface area contributed by atoms with E-state index in [-0.39, 0.29) is 6.04 Å². The minimum atomic E-state index is 0.178. The highest BCUT2D eigenvalue weighted by Crippen LogP contribution is 2.21. The van der Waals surface area contributed by atoms with Gasteiger partial charge in [-0.3, -0.25) is 5.32 Å². The van der Waals surface area contributed by atoms with E-state index < -0.39 is 0 Å². The summed E-state index contributed by atoms with van der Waals surface area (Å²) >= 11 is 0. The Balaban J connectivity index is 2.26. The van der Waals surface area contributed by atoms with Crippen molar-refractivity contribution in [3.8, 4) is 0 Å². The lowest BCUT2D eigenvalue weighted by Crippen LogP contribution is -2.24. The normalized spacial score (nSPS) is 10.7. The van der Waals surface area contributed by atoms with Crippen LogP contribution in [0.4, 0.5) is 0 Å². The third kappa shape index (κ3) is 3.16. The van der Waals surface area contributed by atoms with E-state index in [0.717, 1.165) is 0 Å². The molecular weight excluding hydrogens is 210 g/mol. The van der Waals surface area contributed by atoms with Crippen molar-refractivity contribution in [1.82, 2.24) is 5.32 Å². The van der Waals surface area contributed by atoms with E-state index in [1.807, 2.05) is 12.1 Å². The first kappa shape index (κ1) is 11.8. The average Bonchev–Trinajstić information content (AvgIpc) is 2.42. The van der Waals surface area contributed by atoms with Crippen molar-refractivity contribution >= 4 is 0 Å². The fourth-order valence-electron chi connectivity index (χ4n) is 1.89. The molecule has 2 aromatic rings. The van der Waals surface area contributed by atoms with Crippen LogP contribution in [0.2, 0.25) is 0 Å². The lowest BCUT2D eigenvalue weighted by molar-refractivity contribution is 0.168. The van der Waals surface area contributed by atoms with Crippen LogP contribution in [0.5, 0.6) is 0 Å². The zero-order valence-corrected chi connectivity index (χ0v) is 9.97. The Morgan fingerprint density at radius 1 is 0.882 bits per heavy atom. The van der Waals surface area contributed by atoms with Crippen molar-refractivity contribution < 1.29 is 4.74 Å². The molecule has 2 aromatic carbocycles. The van der Waals surface area contributed by atoms with E-state index in [9.17, 15) is 0 Å². The summed E-state index contributed by atoms with van der Waals surface area (Å²) in [5, 5.41) is 3.38. The third-order valence-electron chi connectivity index (χ3n) is 2.70. The highest BCUT2D eigenvalue weighted by Gasteiger charge is 2.11. The molecule has 0 aliphatic carbocycles. The first-order valence-corrected chi connectivity index (χ1v) is 5.74. The van der Waals surface area contributed by atoms with Crippen molar-refractivity contribution in [3.63, 3.8) is 0 Å². The molecule has 0 radical (unpaired) electrons. The van der Waals surface area contributed by atoms with Gasteiger partial charge in [0.2, 0.25) is 0 Å². The molecule has 0 aliphatic heterocycles. The number of ether oxygens (including phenoxy) is 1. The maximum absolute atomic E-state index is 5.10. The Morgan fingerprint density at radius 2 is 1.35 bits per heavy atom. The molecule has 0 spiro atoms. The van der Waals surface area contributed by atoms with Gasteiger partial charge in [-0.05, 0) is 11.1 Å². The predicted octanol–water partition coefficient (Wildman–Crippen LogP) is 2.97. The number of methoxy groups -OCH3 is 1. The van der Waals surface area contributed by atoms with Crippen molar-refractivity contribution in [3.05, 3.63) is 71.8 Å². The van der Waals surface area contributed by atoms with E-state index in [4.69, 9.17) is 4.74 Å². The van der Waals surface area contributed by atoms with Crippen LogP contribution >= 0.6 is 0 Å². The molecule has 1 N–H and O–H groups in total. The molecule has 0 aliphatic rings. The van der Waals surface area contributed by atoms with Crippen LogP contribution in [0.3, 0.4) is 0 Å². The second-order valence-electron chi connectivity index (χ2n) is 3.89. The van der Waals surface area contributed by atoms with E-state index >= 15 is 0 Å². The van der Waals surface area contributed by atoms with Gasteiger partial charge in [-0.1, -0.05) is 60.7 Å². The molecule has 2 rings (SSSR count). The minimum absolute atomic E-state index is 0.178. The van der Waals surface area contributed by atoms with Crippen LogP contribution in [-0.2, 0) is 4.74 Å².